The fourth-order valence-corrected chi connectivity index (χ4v) is 7.67. The average Bonchev–Trinajstić information content (AvgIpc) is 3.16. The number of para-hydroxylation sites is 1. The topological polar surface area (TPSA) is 75.9 Å². The summed E-state index contributed by atoms with van der Waals surface area (Å²) in [6.45, 7) is 1.79. The maximum atomic E-state index is 13.3. The lowest BCUT2D eigenvalue weighted by Crippen LogP contribution is -2.69. The molecule has 0 aromatic heterocycles. The summed E-state index contributed by atoms with van der Waals surface area (Å²) in [6, 6.07) is 8.86. The van der Waals surface area contributed by atoms with Crippen LogP contribution in [0.5, 0.6) is 0 Å². The summed E-state index contributed by atoms with van der Waals surface area (Å²) in [6.07, 6.45) is 2.55. The van der Waals surface area contributed by atoms with Gasteiger partial charge in [0.1, 0.15) is 0 Å². The van der Waals surface area contributed by atoms with Gasteiger partial charge in [-0.15, -0.1) is 0 Å². The van der Waals surface area contributed by atoms with Crippen molar-refractivity contribution in [1.29, 1.82) is 0 Å². The molecule has 0 radical (unpaired) electrons. The third kappa shape index (κ3) is 1.56. The van der Waals surface area contributed by atoms with E-state index in [1.807, 2.05) is 6.07 Å². The maximum Gasteiger partial charge on any atom is 0.335 e. The molecule has 7 nitrogen and oxygen atoms in total. The predicted octanol–water partition coefficient (Wildman–Crippen LogP) is 1.70. The fraction of sp³-hybridized carbons (Fsp3) is 0.571. The standard InChI is InChI=1S/C21H21N3O4/c25-17-9-15-19-12-8-16-21(13-3-1-2-4-14(13)23(17)20(19)21)5-6-22(16)10-11(12)7-18(28-15)24(26)27/h1-4,7,12,15-16,18-20H,5-6,8-10H2/t12-,15-,16-,18?,19-,20-,21+/m0/s1. The highest BCUT2D eigenvalue weighted by molar-refractivity contribution is 5.99. The van der Waals surface area contributed by atoms with Crippen LogP contribution in [0, 0.1) is 22.0 Å². The van der Waals surface area contributed by atoms with Crippen LogP contribution in [0.15, 0.2) is 35.9 Å². The van der Waals surface area contributed by atoms with Gasteiger partial charge in [0.05, 0.1) is 23.5 Å². The zero-order valence-corrected chi connectivity index (χ0v) is 15.4. The molecule has 4 fully saturated rings. The number of ether oxygens (including phenoxy) is 1. The van der Waals surface area contributed by atoms with E-state index in [1.54, 1.807) is 6.08 Å². The number of nitrogens with zero attached hydrogens (tertiary/aromatic N) is 3. The first-order valence-electron chi connectivity index (χ1n) is 10.2. The number of amides is 1. The van der Waals surface area contributed by atoms with Gasteiger partial charge in [-0.3, -0.25) is 19.8 Å². The number of anilines is 1. The number of nitro groups is 1. The molecule has 1 saturated carbocycles. The highest BCUT2D eigenvalue weighted by Crippen LogP contribution is 2.65. The predicted molar refractivity (Wildman–Crippen MR) is 99.3 cm³/mol. The Morgan fingerprint density at radius 3 is 3.00 bits per heavy atom. The zero-order valence-electron chi connectivity index (χ0n) is 15.4. The van der Waals surface area contributed by atoms with Crippen LogP contribution in [-0.4, -0.2) is 53.2 Å². The van der Waals surface area contributed by atoms with Gasteiger partial charge in [0, 0.05) is 35.7 Å². The summed E-state index contributed by atoms with van der Waals surface area (Å²) in [5.74, 6) is 0.467. The molecule has 6 aliphatic rings. The number of piperidine rings is 2. The molecule has 28 heavy (non-hydrogen) atoms. The van der Waals surface area contributed by atoms with Crippen LogP contribution in [0.3, 0.4) is 0 Å². The minimum absolute atomic E-state index is 0.0547. The Bertz CT molecular complexity index is 976. The normalized spacial score (nSPS) is 44.8. The zero-order chi connectivity index (χ0) is 18.8. The average molecular weight is 379 g/mol. The van der Waals surface area contributed by atoms with E-state index in [2.05, 4.69) is 28.0 Å². The van der Waals surface area contributed by atoms with Crippen molar-refractivity contribution in [3.63, 3.8) is 0 Å². The van der Waals surface area contributed by atoms with Gasteiger partial charge in [-0.1, -0.05) is 18.2 Å². The van der Waals surface area contributed by atoms with E-state index >= 15 is 0 Å². The molecule has 1 aromatic rings. The van der Waals surface area contributed by atoms with E-state index in [-0.39, 0.29) is 46.6 Å². The van der Waals surface area contributed by atoms with Crippen molar-refractivity contribution in [2.75, 3.05) is 18.0 Å². The summed E-state index contributed by atoms with van der Waals surface area (Å²) in [5, 5.41) is 11.6. The molecule has 0 N–H and O–H groups in total. The third-order valence-electron chi connectivity index (χ3n) is 8.44. The molecule has 5 heterocycles. The molecule has 1 amide bonds. The van der Waals surface area contributed by atoms with Crippen LogP contribution in [0.2, 0.25) is 0 Å². The molecule has 5 aliphatic heterocycles. The Labute approximate surface area is 162 Å². The van der Waals surface area contributed by atoms with E-state index in [1.165, 1.54) is 5.56 Å². The number of rotatable bonds is 1. The Balaban J connectivity index is 1.50. The van der Waals surface area contributed by atoms with Crippen molar-refractivity contribution in [2.24, 2.45) is 11.8 Å². The second-order valence-corrected chi connectivity index (χ2v) is 9.22. The first-order chi connectivity index (χ1) is 13.6. The molecule has 1 aliphatic carbocycles. The lowest BCUT2D eigenvalue weighted by Gasteiger charge is -2.58. The van der Waals surface area contributed by atoms with Crippen molar-refractivity contribution in [3.05, 3.63) is 51.6 Å². The largest absolute Gasteiger partial charge is 0.335 e. The molecule has 144 valence electrons. The monoisotopic (exact) mass is 379 g/mol. The molecule has 2 bridgehead atoms. The quantitative estimate of drug-likeness (QED) is 0.422. The first-order valence-corrected chi connectivity index (χ1v) is 10.2. The molecule has 7 heteroatoms. The van der Waals surface area contributed by atoms with Gasteiger partial charge in [0.15, 0.2) is 0 Å². The minimum atomic E-state index is -1.14. The lowest BCUT2D eigenvalue weighted by molar-refractivity contribution is -0.565. The van der Waals surface area contributed by atoms with Gasteiger partial charge in [-0.25, -0.2) is 0 Å². The van der Waals surface area contributed by atoms with Gasteiger partial charge in [-0.05, 0) is 42.5 Å². The fourth-order valence-electron chi connectivity index (χ4n) is 7.67. The van der Waals surface area contributed by atoms with Gasteiger partial charge in [0.2, 0.25) is 5.91 Å². The minimum Gasteiger partial charge on any atom is -0.310 e. The number of hydrogen-bond acceptors (Lipinski definition) is 5. The van der Waals surface area contributed by atoms with Crippen molar-refractivity contribution in [3.8, 4) is 0 Å². The third-order valence-corrected chi connectivity index (χ3v) is 8.44. The summed E-state index contributed by atoms with van der Waals surface area (Å²) >= 11 is 0. The number of fused-ring (bicyclic) bond motifs is 2. The maximum absolute atomic E-state index is 13.3. The van der Waals surface area contributed by atoms with E-state index in [0.717, 1.165) is 37.2 Å². The van der Waals surface area contributed by atoms with Gasteiger partial charge in [-0.2, -0.15) is 0 Å². The molecular weight excluding hydrogens is 358 g/mol. The van der Waals surface area contributed by atoms with Gasteiger partial charge < -0.3 is 9.64 Å². The van der Waals surface area contributed by atoms with E-state index in [0.29, 0.717) is 6.04 Å². The summed E-state index contributed by atoms with van der Waals surface area (Å²) in [7, 11) is 0. The smallest absolute Gasteiger partial charge is 0.310 e. The number of hydrogen-bond donors (Lipinski definition) is 0. The van der Waals surface area contributed by atoms with Crippen LogP contribution >= 0.6 is 0 Å². The SMILES string of the molecule is O=C1C[C@@H]2OC([N+](=O)[O-])C=C3CN4CC[C@]56c7ccccc7N1[C@H]5[C@H]2[C@H]3C[C@H]46. The highest BCUT2D eigenvalue weighted by atomic mass is 16.7. The molecule has 1 unspecified atom stereocenters. The lowest BCUT2D eigenvalue weighted by atomic mass is 9.53. The van der Waals surface area contributed by atoms with Gasteiger partial charge in [0.25, 0.3) is 0 Å². The van der Waals surface area contributed by atoms with Crippen LogP contribution < -0.4 is 4.90 Å². The van der Waals surface area contributed by atoms with Crippen LogP contribution in [0.1, 0.15) is 24.8 Å². The summed E-state index contributed by atoms with van der Waals surface area (Å²) in [5.41, 5.74) is 3.47. The van der Waals surface area contributed by atoms with E-state index in [9.17, 15) is 14.9 Å². The number of carbonyl (C=O) groups excluding carboxylic acids is 1. The van der Waals surface area contributed by atoms with Crippen LogP contribution in [0.25, 0.3) is 0 Å². The second-order valence-electron chi connectivity index (χ2n) is 9.22. The Hall–Kier alpha value is -2.25. The van der Waals surface area contributed by atoms with Crippen molar-refractivity contribution in [1.82, 2.24) is 4.90 Å². The second kappa shape index (κ2) is 4.83. The van der Waals surface area contributed by atoms with Gasteiger partial charge >= 0.3 is 6.23 Å². The van der Waals surface area contributed by atoms with Crippen molar-refractivity contribution in [2.45, 2.75) is 49.1 Å². The molecule has 1 aromatic carbocycles. The van der Waals surface area contributed by atoms with Crippen LogP contribution in [-0.2, 0) is 14.9 Å². The first kappa shape index (κ1) is 15.6. The van der Waals surface area contributed by atoms with Crippen molar-refractivity contribution < 1.29 is 14.5 Å². The summed E-state index contributed by atoms with van der Waals surface area (Å²) < 4.78 is 6.02. The highest BCUT2D eigenvalue weighted by Gasteiger charge is 2.71. The van der Waals surface area contributed by atoms with Crippen molar-refractivity contribution >= 4 is 11.6 Å². The Kier molecular flexibility index (Phi) is 2.70. The number of benzene rings is 1. The Morgan fingerprint density at radius 2 is 2.14 bits per heavy atom. The van der Waals surface area contributed by atoms with E-state index < -0.39 is 6.23 Å². The molecule has 3 saturated heterocycles. The summed E-state index contributed by atoms with van der Waals surface area (Å²) in [4.78, 5) is 29.1. The molecule has 7 rings (SSSR count). The molecule has 7 atom stereocenters. The van der Waals surface area contributed by atoms with Crippen LogP contribution in [0.4, 0.5) is 5.69 Å². The van der Waals surface area contributed by atoms with E-state index in [4.69, 9.17) is 4.74 Å². The molecular formula is C21H21N3O4. The Morgan fingerprint density at radius 1 is 1.29 bits per heavy atom. The molecule has 1 spiro atoms. The number of carbonyl (C=O) groups is 1.